The van der Waals surface area contributed by atoms with Crippen molar-refractivity contribution in [3.63, 3.8) is 0 Å². The predicted octanol–water partition coefficient (Wildman–Crippen LogP) is 3.01. The van der Waals surface area contributed by atoms with Crippen LogP contribution in [0.15, 0.2) is 24.3 Å². The third-order valence-corrected chi connectivity index (χ3v) is 4.51. The highest BCUT2D eigenvalue weighted by Crippen LogP contribution is 2.41. The van der Waals surface area contributed by atoms with Crippen LogP contribution in [0.2, 0.25) is 0 Å². The maximum Gasteiger partial charge on any atom is 0.314 e. The lowest BCUT2D eigenvalue weighted by molar-refractivity contribution is -0.384. The lowest BCUT2D eigenvalue weighted by Gasteiger charge is -2.31. The number of hydrogen-bond donors (Lipinski definition) is 0. The first-order valence-corrected chi connectivity index (χ1v) is 7.57. The summed E-state index contributed by atoms with van der Waals surface area (Å²) in [5, 5.41) is 10.7. The second kappa shape index (κ2) is 6.34. The van der Waals surface area contributed by atoms with Gasteiger partial charge in [-0.3, -0.25) is 14.9 Å². The van der Waals surface area contributed by atoms with Gasteiger partial charge in [0.25, 0.3) is 5.69 Å². The smallest absolute Gasteiger partial charge is 0.314 e. The normalized spacial score (nSPS) is 21.2. The average molecular weight is 306 g/mol. The van der Waals surface area contributed by atoms with E-state index in [2.05, 4.69) is 4.90 Å². The fourth-order valence-corrected chi connectivity index (χ4v) is 2.99. The van der Waals surface area contributed by atoms with E-state index in [1.807, 2.05) is 20.8 Å². The molecule has 1 unspecified atom stereocenters. The standard InChI is InChI=1S/C16H22N2O4/c1-4-22-15(19)16(12(2)3)9-10-17(11-16)13-5-7-14(8-6-13)18(20)21/h5-8,12H,4,9-11H2,1-3H3. The number of benzene rings is 1. The zero-order valence-electron chi connectivity index (χ0n) is 13.2. The van der Waals surface area contributed by atoms with Gasteiger partial charge in [-0.1, -0.05) is 13.8 Å². The quantitative estimate of drug-likeness (QED) is 0.475. The van der Waals surface area contributed by atoms with E-state index < -0.39 is 10.3 Å². The minimum atomic E-state index is -0.502. The Morgan fingerprint density at radius 2 is 2.05 bits per heavy atom. The van der Waals surface area contributed by atoms with E-state index in [9.17, 15) is 14.9 Å². The molecule has 0 aliphatic carbocycles. The topological polar surface area (TPSA) is 72.7 Å². The van der Waals surface area contributed by atoms with Crippen molar-refractivity contribution in [1.82, 2.24) is 0 Å². The number of nitrogens with zero attached hydrogens (tertiary/aromatic N) is 2. The van der Waals surface area contributed by atoms with Crippen LogP contribution in [-0.4, -0.2) is 30.6 Å². The molecule has 2 rings (SSSR count). The molecular formula is C16H22N2O4. The first-order valence-electron chi connectivity index (χ1n) is 7.57. The Bertz CT molecular complexity index is 556. The Morgan fingerprint density at radius 1 is 1.41 bits per heavy atom. The summed E-state index contributed by atoms with van der Waals surface area (Å²) < 4.78 is 5.27. The fourth-order valence-electron chi connectivity index (χ4n) is 2.99. The molecule has 0 bridgehead atoms. The predicted molar refractivity (Wildman–Crippen MR) is 83.8 cm³/mol. The number of nitro benzene ring substituents is 1. The Balaban J connectivity index is 2.19. The molecule has 1 fully saturated rings. The van der Waals surface area contributed by atoms with Gasteiger partial charge < -0.3 is 9.64 Å². The number of non-ortho nitro benzene ring substituents is 1. The third-order valence-electron chi connectivity index (χ3n) is 4.51. The molecule has 0 saturated carbocycles. The highest BCUT2D eigenvalue weighted by atomic mass is 16.6. The van der Waals surface area contributed by atoms with Crippen molar-refractivity contribution in [2.45, 2.75) is 27.2 Å². The number of nitro groups is 1. The highest BCUT2D eigenvalue weighted by Gasteiger charge is 2.48. The molecule has 1 aromatic rings. The van der Waals surface area contributed by atoms with Gasteiger partial charge in [-0.25, -0.2) is 0 Å². The summed E-state index contributed by atoms with van der Waals surface area (Å²) in [5.74, 6) is 0.0315. The Kier molecular flexibility index (Phi) is 4.68. The first-order chi connectivity index (χ1) is 10.4. The van der Waals surface area contributed by atoms with Crippen molar-refractivity contribution in [1.29, 1.82) is 0 Å². The fraction of sp³-hybridized carbons (Fsp3) is 0.562. The number of carbonyl (C=O) groups is 1. The van der Waals surface area contributed by atoms with Crippen LogP contribution in [0.25, 0.3) is 0 Å². The lowest BCUT2D eigenvalue weighted by Crippen LogP contribution is -2.40. The molecular weight excluding hydrogens is 284 g/mol. The molecule has 0 spiro atoms. The van der Waals surface area contributed by atoms with Gasteiger partial charge in [0.2, 0.25) is 0 Å². The van der Waals surface area contributed by atoms with Gasteiger partial charge >= 0.3 is 5.97 Å². The van der Waals surface area contributed by atoms with Crippen molar-refractivity contribution >= 4 is 17.3 Å². The summed E-state index contributed by atoms with van der Waals surface area (Å²) >= 11 is 0. The van der Waals surface area contributed by atoms with E-state index in [-0.39, 0.29) is 17.6 Å². The average Bonchev–Trinajstić information content (AvgIpc) is 2.94. The summed E-state index contributed by atoms with van der Waals surface area (Å²) in [5.41, 5.74) is 0.471. The number of carbonyl (C=O) groups excluding carboxylic acids is 1. The van der Waals surface area contributed by atoms with Crippen LogP contribution in [0.3, 0.4) is 0 Å². The molecule has 1 atom stereocenters. The largest absolute Gasteiger partial charge is 0.466 e. The van der Waals surface area contributed by atoms with Gasteiger partial charge in [0, 0.05) is 30.9 Å². The Labute approximate surface area is 130 Å². The number of ether oxygens (including phenoxy) is 1. The minimum absolute atomic E-state index is 0.0727. The van der Waals surface area contributed by atoms with Crippen LogP contribution >= 0.6 is 0 Å². The lowest BCUT2D eigenvalue weighted by atomic mass is 9.76. The van der Waals surface area contributed by atoms with Crippen molar-refractivity contribution < 1.29 is 14.5 Å². The molecule has 1 aromatic carbocycles. The summed E-state index contributed by atoms with van der Waals surface area (Å²) in [6.45, 7) is 7.60. The number of esters is 1. The molecule has 0 radical (unpaired) electrons. The number of anilines is 1. The second-order valence-corrected chi connectivity index (χ2v) is 5.98. The van der Waals surface area contributed by atoms with E-state index in [4.69, 9.17) is 4.74 Å². The van der Waals surface area contributed by atoms with Crippen molar-refractivity contribution in [2.24, 2.45) is 11.3 Å². The van der Waals surface area contributed by atoms with Gasteiger partial charge in [0.1, 0.15) is 0 Å². The maximum absolute atomic E-state index is 12.4. The third kappa shape index (κ3) is 2.91. The highest BCUT2D eigenvalue weighted by molar-refractivity contribution is 5.79. The van der Waals surface area contributed by atoms with Crippen LogP contribution < -0.4 is 4.90 Å². The van der Waals surface area contributed by atoms with Gasteiger partial charge in [-0.15, -0.1) is 0 Å². The maximum atomic E-state index is 12.4. The van der Waals surface area contributed by atoms with E-state index >= 15 is 0 Å². The first kappa shape index (κ1) is 16.3. The molecule has 1 aliphatic heterocycles. The van der Waals surface area contributed by atoms with Gasteiger partial charge in [0.15, 0.2) is 0 Å². The second-order valence-electron chi connectivity index (χ2n) is 5.98. The molecule has 0 aromatic heterocycles. The van der Waals surface area contributed by atoms with Gasteiger partial charge in [-0.05, 0) is 31.4 Å². The van der Waals surface area contributed by atoms with E-state index in [1.165, 1.54) is 12.1 Å². The van der Waals surface area contributed by atoms with E-state index in [0.29, 0.717) is 13.2 Å². The molecule has 22 heavy (non-hydrogen) atoms. The van der Waals surface area contributed by atoms with Gasteiger partial charge in [-0.2, -0.15) is 0 Å². The molecule has 6 nitrogen and oxygen atoms in total. The van der Waals surface area contributed by atoms with Gasteiger partial charge in [0.05, 0.1) is 16.9 Å². The van der Waals surface area contributed by atoms with Crippen LogP contribution in [0.4, 0.5) is 11.4 Å². The summed E-state index contributed by atoms with van der Waals surface area (Å²) in [6.07, 6.45) is 0.737. The van der Waals surface area contributed by atoms with Crippen molar-refractivity contribution in [3.8, 4) is 0 Å². The monoisotopic (exact) mass is 306 g/mol. The zero-order valence-corrected chi connectivity index (χ0v) is 13.2. The molecule has 6 heteroatoms. The van der Waals surface area contributed by atoms with Crippen LogP contribution in [0, 0.1) is 21.4 Å². The van der Waals surface area contributed by atoms with Crippen LogP contribution in [0.1, 0.15) is 27.2 Å². The van der Waals surface area contributed by atoms with Crippen LogP contribution in [-0.2, 0) is 9.53 Å². The molecule has 1 saturated heterocycles. The molecule has 120 valence electrons. The minimum Gasteiger partial charge on any atom is -0.466 e. The molecule has 0 N–H and O–H groups in total. The van der Waals surface area contributed by atoms with Crippen LogP contribution in [0.5, 0.6) is 0 Å². The summed E-state index contributed by atoms with van der Waals surface area (Å²) in [7, 11) is 0. The Hall–Kier alpha value is -2.11. The molecule has 1 aliphatic rings. The Morgan fingerprint density at radius 3 is 2.55 bits per heavy atom. The van der Waals surface area contributed by atoms with E-state index in [1.54, 1.807) is 12.1 Å². The van der Waals surface area contributed by atoms with Crippen molar-refractivity contribution in [2.75, 3.05) is 24.6 Å². The summed E-state index contributed by atoms with van der Waals surface area (Å²) in [6, 6.07) is 6.46. The molecule has 1 heterocycles. The number of hydrogen-bond acceptors (Lipinski definition) is 5. The van der Waals surface area contributed by atoms with E-state index in [0.717, 1.165) is 18.7 Å². The molecule has 0 amide bonds. The summed E-state index contributed by atoms with van der Waals surface area (Å²) in [4.78, 5) is 24.8. The van der Waals surface area contributed by atoms with Crippen molar-refractivity contribution in [3.05, 3.63) is 34.4 Å². The zero-order chi connectivity index (χ0) is 16.3. The SMILES string of the molecule is CCOC(=O)C1(C(C)C)CCN(c2ccc([N+](=O)[O-])cc2)C1. The number of rotatable bonds is 5.